The van der Waals surface area contributed by atoms with Gasteiger partial charge in [-0.2, -0.15) is 0 Å². The summed E-state index contributed by atoms with van der Waals surface area (Å²) < 4.78 is 6.19. The molecule has 1 heterocycles. The molecule has 120 valence electrons. The second-order valence-corrected chi connectivity index (χ2v) is 7.99. The van der Waals surface area contributed by atoms with Crippen molar-refractivity contribution < 1.29 is 4.74 Å². The minimum Gasteiger partial charge on any atom is -0.367 e. The lowest BCUT2D eigenvalue weighted by molar-refractivity contribution is -0.198. The monoisotopic (exact) mass is 284 g/mol. The summed E-state index contributed by atoms with van der Waals surface area (Å²) in [5, 5.41) is 0. The molecule has 0 aliphatic carbocycles. The molecule has 0 aromatic rings. The minimum atomic E-state index is -0.0956. The summed E-state index contributed by atoms with van der Waals surface area (Å²) in [5.41, 5.74) is 6.06. The van der Waals surface area contributed by atoms with E-state index < -0.39 is 0 Å². The van der Waals surface area contributed by atoms with E-state index in [4.69, 9.17) is 10.5 Å². The molecular weight excluding hydrogens is 248 g/mol. The van der Waals surface area contributed by atoms with Gasteiger partial charge in [0, 0.05) is 25.2 Å². The Kier molecular flexibility index (Phi) is 6.06. The Morgan fingerprint density at radius 3 is 2.05 bits per heavy atom. The fourth-order valence-corrected chi connectivity index (χ4v) is 3.49. The molecule has 1 atom stereocenters. The van der Waals surface area contributed by atoms with E-state index in [1.165, 1.54) is 32.1 Å². The molecule has 0 aromatic carbocycles. The number of morpholine rings is 1. The Bertz CT molecular complexity index is 285. The van der Waals surface area contributed by atoms with E-state index in [0.29, 0.717) is 0 Å². The molecule has 3 heteroatoms. The van der Waals surface area contributed by atoms with Gasteiger partial charge >= 0.3 is 0 Å². The average Bonchev–Trinajstić information content (AvgIpc) is 2.30. The Labute approximate surface area is 126 Å². The summed E-state index contributed by atoms with van der Waals surface area (Å²) in [6, 6.07) is 0. The quantitative estimate of drug-likeness (QED) is 0.726. The van der Waals surface area contributed by atoms with Crippen LogP contribution in [0.25, 0.3) is 0 Å². The summed E-state index contributed by atoms with van der Waals surface area (Å²) in [6.07, 6.45) is 6.41. The highest BCUT2D eigenvalue weighted by molar-refractivity contribution is 4.97. The molecule has 1 saturated heterocycles. The van der Waals surface area contributed by atoms with Gasteiger partial charge in [-0.1, -0.05) is 32.6 Å². The van der Waals surface area contributed by atoms with Crippen molar-refractivity contribution in [1.82, 2.24) is 4.90 Å². The lowest BCUT2D eigenvalue weighted by Crippen LogP contribution is -2.65. The van der Waals surface area contributed by atoms with Crippen LogP contribution in [0, 0.1) is 0 Å². The topological polar surface area (TPSA) is 38.5 Å². The van der Waals surface area contributed by atoms with Gasteiger partial charge in [-0.25, -0.2) is 0 Å². The van der Waals surface area contributed by atoms with Crippen molar-refractivity contribution in [2.75, 3.05) is 19.6 Å². The third kappa shape index (κ3) is 5.01. The highest BCUT2D eigenvalue weighted by Crippen LogP contribution is 2.34. The standard InChI is InChI=1S/C17H36N2O/c1-7-8-9-10-11-17(6,12-18)19-13-15(2,3)20-16(4,5)14-19/h7-14,18H2,1-6H3. The van der Waals surface area contributed by atoms with Crippen molar-refractivity contribution in [1.29, 1.82) is 0 Å². The first-order valence-electron chi connectivity index (χ1n) is 8.29. The Balaban J connectivity index is 2.71. The van der Waals surface area contributed by atoms with Gasteiger partial charge < -0.3 is 10.5 Å². The average molecular weight is 284 g/mol. The predicted octanol–water partition coefficient (Wildman–Crippen LogP) is 3.56. The molecule has 1 aliphatic rings. The van der Waals surface area contributed by atoms with E-state index in [-0.39, 0.29) is 16.7 Å². The first-order valence-corrected chi connectivity index (χ1v) is 8.29. The van der Waals surface area contributed by atoms with Crippen molar-refractivity contribution in [3.8, 4) is 0 Å². The zero-order valence-corrected chi connectivity index (χ0v) is 14.6. The summed E-state index contributed by atoms with van der Waals surface area (Å²) in [7, 11) is 0. The molecule has 1 rings (SSSR count). The van der Waals surface area contributed by atoms with Crippen LogP contribution in [0.4, 0.5) is 0 Å². The van der Waals surface area contributed by atoms with Crippen LogP contribution in [0.5, 0.6) is 0 Å². The zero-order chi connectivity index (χ0) is 15.4. The van der Waals surface area contributed by atoms with Crippen LogP contribution in [0.15, 0.2) is 0 Å². The Hall–Kier alpha value is -0.120. The smallest absolute Gasteiger partial charge is 0.0761 e. The Morgan fingerprint density at radius 2 is 1.60 bits per heavy atom. The largest absolute Gasteiger partial charge is 0.367 e. The number of nitrogens with two attached hydrogens (primary N) is 1. The van der Waals surface area contributed by atoms with Crippen LogP contribution in [0.1, 0.15) is 73.6 Å². The van der Waals surface area contributed by atoms with Gasteiger partial charge in [-0.3, -0.25) is 4.90 Å². The number of unbranched alkanes of at least 4 members (excludes halogenated alkanes) is 3. The summed E-state index contributed by atoms with van der Waals surface area (Å²) in [5.74, 6) is 0. The maximum atomic E-state index is 6.19. The normalized spacial score (nSPS) is 25.4. The number of ether oxygens (including phenoxy) is 1. The maximum absolute atomic E-state index is 6.19. The third-order valence-corrected chi connectivity index (χ3v) is 4.47. The number of hydrogen-bond acceptors (Lipinski definition) is 3. The molecule has 1 unspecified atom stereocenters. The molecule has 0 saturated carbocycles. The Morgan fingerprint density at radius 1 is 1.05 bits per heavy atom. The first-order chi connectivity index (χ1) is 9.14. The molecule has 0 spiro atoms. The molecule has 1 aliphatic heterocycles. The van der Waals surface area contributed by atoms with Crippen LogP contribution in [-0.4, -0.2) is 41.3 Å². The number of nitrogens with zero attached hydrogens (tertiary/aromatic N) is 1. The summed E-state index contributed by atoms with van der Waals surface area (Å²) in [6.45, 7) is 16.0. The van der Waals surface area contributed by atoms with Crippen molar-refractivity contribution in [2.24, 2.45) is 5.73 Å². The van der Waals surface area contributed by atoms with Gasteiger partial charge in [0.05, 0.1) is 11.2 Å². The van der Waals surface area contributed by atoms with E-state index in [2.05, 4.69) is 46.4 Å². The number of hydrogen-bond donors (Lipinski definition) is 1. The van der Waals surface area contributed by atoms with Gasteiger partial charge in [0.25, 0.3) is 0 Å². The molecule has 20 heavy (non-hydrogen) atoms. The fraction of sp³-hybridized carbons (Fsp3) is 1.00. The number of rotatable bonds is 7. The minimum absolute atomic E-state index is 0.0956. The van der Waals surface area contributed by atoms with E-state index in [1.807, 2.05) is 0 Å². The van der Waals surface area contributed by atoms with E-state index >= 15 is 0 Å². The van der Waals surface area contributed by atoms with Crippen LogP contribution in [-0.2, 0) is 4.74 Å². The van der Waals surface area contributed by atoms with E-state index in [1.54, 1.807) is 0 Å². The van der Waals surface area contributed by atoms with Crippen molar-refractivity contribution in [3.63, 3.8) is 0 Å². The summed E-state index contributed by atoms with van der Waals surface area (Å²) in [4.78, 5) is 2.57. The molecule has 0 aromatic heterocycles. The highest BCUT2D eigenvalue weighted by Gasteiger charge is 2.43. The lowest BCUT2D eigenvalue weighted by Gasteiger charge is -2.53. The molecule has 0 radical (unpaired) electrons. The second-order valence-electron chi connectivity index (χ2n) is 7.99. The molecule has 1 fully saturated rings. The highest BCUT2D eigenvalue weighted by atomic mass is 16.5. The van der Waals surface area contributed by atoms with Crippen molar-refractivity contribution in [3.05, 3.63) is 0 Å². The van der Waals surface area contributed by atoms with Crippen molar-refractivity contribution >= 4 is 0 Å². The zero-order valence-electron chi connectivity index (χ0n) is 14.6. The summed E-state index contributed by atoms with van der Waals surface area (Å²) >= 11 is 0. The maximum Gasteiger partial charge on any atom is 0.0761 e. The van der Waals surface area contributed by atoms with Crippen LogP contribution in [0.2, 0.25) is 0 Å². The molecule has 2 N–H and O–H groups in total. The van der Waals surface area contributed by atoms with Gasteiger partial charge in [-0.05, 0) is 41.0 Å². The molecule has 0 bridgehead atoms. The van der Waals surface area contributed by atoms with Gasteiger partial charge in [0.2, 0.25) is 0 Å². The molecule has 0 amide bonds. The molecule has 3 nitrogen and oxygen atoms in total. The third-order valence-electron chi connectivity index (χ3n) is 4.47. The van der Waals surface area contributed by atoms with Gasteiger partial charge in [-0.15, -0.1) is 0 Å². The van der Waals surface area contributed by atoms with Crippen LogP contribution < -0.4 is 5.73 Å². The van der Waals surface area contributed by atoms with Crippen LogP contribution in [0.3, 0.4) is 0 Å². The predicted molar refractivity (Wildman–Crippen MR) is 87.0 cm³/mol. The fourth-order valence-electron chi connectivity index (χ4n) is 3.49. The van der Waals surface area contributed by atoms with Gasteiger partial charge in [0.15, 0.2) is 0 Å². The second kappa shape index (κ2) is 6.76. The SMILES string of the molecule is CCCCCCC(C)(CN)N1CC(C)(C)OC(C)(C)C1. The van der Waals surface area contributed by atoms with Crippen molar-refractivity contribution in [2.45, 2.75) is 90.4 Å². The van der Waals surface area contributed by atoms with Crippen LogP contribution >= 0.6 is 0 Å². The van der Waals surface area contributed by atoms with Gasteiger partial charge in [0.1, 0.15) is 0 Å². The van der Waals surface area contributed by atoms with E-state index in [9.17, 15) is 0 Å². The first kappa shape index (κ1) is 17.9. The van der Waals surface area contributed by atoms with E-state index in [0.717, 1.165) is 19.6 Å². The lowest BCUT2D eigenvalue weighted by atomic mass is 9.87. The molecular formula is C17H36N2O.